The average molecular weight is 427 g/mol. The Balaban J connectivity index is 1.87. The number of rotatable bonds is 5. The van der Waals surface area contributed by atoms with E-state index in [1.54, 1.807) is 12.1 Å². The van der Waals surface area contributed by atoms with Crippen LogP contribution in [0.5, 0.6) is 0 Å². The van der Waals surface area contributed by atoms with E-state index in [0.29, 0.717) is 12.1 Å². The lowest BCUT2D eigenvalue weighted by molar-refractivity contribution is -0.132. The van der Waals surface area contributed by atoms with E-state index in [1.807, 2.05) is 19.1 Å². The fraction of sp³-hybridized carbons (Fsp3) is 0.318. The van der Waals surface area contributed by atoms with E-state index in [4.69, 9.17) is 5.73 Å². The standard InChI is InChI=1S/C22H26FN5O3/c1-15-6-8-18(9-7-15)26-22(31)28-13-3-12-27(20(28)19(29)25-11-10-24)21(30)16-4-2-5-17(23)14-16/h2,4-9,14,20H,3,10-13,24H2,1H3,(H,25,29)(H,26,31). The van der Waals surface area contributed by atoms with Gasteiger partial charge in [-0.15, -0.1) is 0 Å². The lowest BCUT2D eigenvalue weighted by Gasteiger charge is -2.42. The lowest BCUT2D eigenvalue weighted by Crippen LogP contribution is -2.64. The van der Waals surface area contributed by atoms with Crippen LogP contribution in [0.2, 0.25) is 0 Å². The molecule has 2 aromatic carbocycles. The largest absolute Gasteiger partial charge is 0.351 e. The van der Waals surface area contributed by atoms with E-state index in [2.05, 4.69) is 10.6 Å². The Morgan fingerprint density at radius 1 is 1.10 bits per heavy atom. The van der Waals surface area contributed by atoms with Crippen LogP contribution in [0, 0.1) is 12.7 Å². The Morgan fingerprint density at radius 3 is 2.48 bits per heavy atom. The number of nitrogens with zero attached hydrogens (tertiary/aromatic N) is 2. The number of halogens is 1. The molecule has 0 radical (unpaired) electrons. The molecule has 9 heteroatoms. The lowest BCUT2D eigenvalue weighted by atomic mass is 10.1. The van der Waals surface area contributed by atoms with Crippen molar-refractivity contribution in [2.75, 3.05) is 31.5 Å². The molecule has 4 N–H and O–H groups in total. The molecule has 0 aliphatic carbocycles. The van der Waals surface area contributed by atoms with Gasteiger partial charge in [0.05, 0.1) is 0 Å². The summed E-state index contributed by atoms with van der Waals surface area (Å²) in [5.74, 6) is -1.60. The monoisotopic (exact) mass is 427 g/mol. The van der Waals surface area contributed by atoms with E-state index >= 15 is 0 Å². The highest BCUT2D eigenvalue weighted by atomic mass is 19.1. The van der Waals surface area contributed by atoms with Gasteiger partial charge in [0.2, 0.25) is 0 Å². The molecular weight excluding hydrogens is 401 g/mol. The van der Waals surface area contributed by atoms with Crippen LogP contribution in [-0.4, -0.2) is 60.0 Å². The van der Waals surface area contributed by atoms with Gasteiger partial charge in [-0.05, 0) is 43.7 Å². The molecule has 0 saturated carbocycles. The number of nitrogens with two attached hydrogens (primary N) is 1. The SMILES string of the molecule is Cc1ccc(NC(=O)N2CCCN(C(=O)c3cccc(F)c3)C2C(=O)NCCN)cc1. The zero-order valence-corrected chi connectivity index (χ0v) is 17.3. The normalized spacial score (nSPS) is 16.0. The molecule has 1 aliphatic heterocycles. The first-order chi connectivity index (χ1) is 14.9. The van der Waals surface area contributed by atoms with Crippen LogP contribution in [-0.2, 0) is 4.79 Å². The Hall–Kier alpha value is -3.46. The second-order valence-corrected chi connectivity index (χ2v) is 7.31. The molecule has 2 aromatic rings. The van der Waals surface area contributed by atoms with Gasteiger partial charge in [0, 0.05) is 37.4 Å². The van der Waals surface area contributed by atoms with Crippen molar-refractivity contribution >= 4 is 23.5 Å². The van der Waals surface area contributed by atoms with Gasteiger partial charge in [-0.25, -0.2) is 9.18 Å². The van der Waals surface area contributed by atoms with Gasteiger partial charge in [0.1, 0.15) is 5.82 Å². The van der Waals surface area contributed by atoms with E-state index in [-0.39, 0.29) is 31.7 Å². The summed E-state index contributed by atoms with van der Waals surface area (Å²) in [5.41, 5.74) is 7.21. The number of anilines is 1. The van der Waals surface area contributed by atoms with Gasteiger partial charge in [-0.3, -0.25) is 14.5 Å². The van der Waals surface area contributed by atoms with Crippen molar-refractivity contribution in [3.8, 4) is 0 Å². The quantitative estimate of drug-likeness (QED) is 0.677. The Morgan fingerprint density at radius 2 is 1.81 bits per heavy atom. The van der Waals surface area contributed by atoms with Gasteiger partial charge in [0.15, 0.2) is 6.17 Å². The summed E-state index contributed by atoms with van der Waals surface area (Å²) in [4.78, 5) is 41.6. The van der Waals surface area contributed by atoms with Crippen LogP contribution in [0.3, 0.4) is 0 Å². The first kappa shape index (κ1) is 22.2. The zero-order chi connectivity index (χ0) is 22.4. The van der Waals surface area contributed by atoms with Crippen LogP contribution < -0.4 is 16.4 Å². The minimum absolute atomic E-state index is 0.109. The van der Waals surface area contributed by atoms with Crippen molar-refractivity contribution in [3.63, 3.8) is 0 Å². The molecule has 1 unspecified atom stereocenters. The van der Waals surface area contributed by atoms with Crippen LogP contribution in [0.25, 0.3) is 0 Å². The van der Waals surface area contributed by atoms with Crippen molar-refractivity contribution in [2.24, 2.45) is 5.73 Å². The average Bonchev–Trinajstić information content (AvgIpc) is 2.78. The number of carbonyl (C=O) groups is 3. The van der Waals surface area contributed by atoms with Crippen LogP contribution in [0.1, 0.15) is 22.3 Å². The first-order valence-electron chi connectivity index (χ1n) is 10.1. The minimum Gasteiger partial charge on any atom is -0.351 e. The molecule has 0 aromatic heterocycles. The molecule has 1 fully saturated rings. The molecule has 1 atom stereocenters. The first-order valence-corrected chi connectivity index (χ1v) is 10.1. The Labute approximate surface area is 180 Å². The summed E-state index contributed by atoms with van der Waals surface area (Å²) < 4.78 is 13.7. The predicted molar refractivity (Wildman–Crippen MR) is 115 cm³/mol. The highest BCUT2D eigenvalue weighted by molar-refractivity contribution is 6.00. The van der Waals surface area contributed by atoms with Crippen molar-refractivity contribution in [2.45, 2.75) is 19.5 Å². The third-order valence-corrected chi connectivity index (χ3v) is 4.96. The van der Waals surface area contributed by atoms with Crippen molar-refractivity contribution in [3.05, 3.63) is 65.5 Å². The number of benzene rings is 2. The minimum atomic E-state index is -1.18. The van der Waals surface area contributed by atoms with Crippen LogP contribution in [0.4, 0.5) is 14.9 Å². The smallest absolute Gasteiger partial charge is 0.323 e. The fourth-order valence-corrected chi connectivity index (χ4v) is 3.44. The van der Waals surface area contributed by atoms with Crippen LogP contribution in [0.15, 0.2) is 48.5 Å². The molecule has 1 aliphatic rings. The highest BCUT2D eigenvalue weighted by Gasteiger charge is 2.40. The predicted octanol–water partition coefficient (Wildman–Crippen LogP) is 1.92. The molecule has 0 bridgehead atoms. The highest BCUT2D eigenvalue weighted by Crippen LogP contribution is 2.20. The maximum atomic E-state index is 13.7. The topological polar surface area (TPSA) is 108 Å². The summed E-state index contributed by atoms with van der Waals surface area (Å²) in [6.07, 6.45) is -0.704. The molecule has 164 valence electrons. The summed E-state index contributed by atoms with van der Waals surface area (Å²) in [6.45, 7) is 2.89. The summed E-state index contributed by atoms with van der Waals surface area (Å²) in [5, 5.41) is 5.42. The summed E-state index contributed by atoms with van der Waals surface area (Å²) in [6, 6.07) is 12.0. The number of hydrogen-bond donors (Lipinski definition) is 3. The summed E-state index contributed by atoms with van der Waals surface area (Å²) >= 11 is 0. The maximum absolute atomic E-state index is 13.7. The Kier molecular flexibility index (Phi) is 7.19. The summed E-state index contributed by atoms with van der Waals surface area (Å²) in [7, 11) is 0. The van der Waals surface area contributed by atoms with Gasteiger partial charge in [-0.1, -0.05) is 23.8 Å². The van der Waals surface area contributed by atoms with E-state index in [1.165, 1.54) is 28.0 Å². The molecule has 8 nitrogen and oxygen atoms in total. The van der Waals surface area contributed by atoms with Crippen molar-refractivity contribution < 1.29 is 18.8 Å². The molecule has 1 saturated heterocycles. The number of amides is 4. The second kappa shape index (κ2) is 10.0. The molecule has 3 rings (SSSR count). The van der Waals surface area contributed by atoms with Gasteiger partial charge < -0.3 is 21.3 Å². The molecule has 4 amide bonds. The maximum Gasteiger partial charge on any atom is 0.323 e. The van der Waals surface area contributed by atoms with E-state index < -0.39 is 29.8 Å². The van der Waals surface area contributed by atoms with Crippen LogP contribution >= 0.6 is 0 Å². The molecular formula is C22H26FN5O3. The number of hydrogen-bond acceptors (Lipinski definition) is 4. The number of urea groups is 1. The molecule has 1 heterocycles. The van der Waals surface area contributed by atoms with Gasteiger partial charge in [0.25, 0.3) is 11.8 Å². The third kappa shape index (κ3) is 5.37. The number of nitrogens with one attached hydrogen (secondary N) is 2. The van der Waals surface area contributed by atoms with Crippen molar-refractivity contribution in [1.82, 2.24) is 15.1 Å². The van der Waals surface area contributed by atoms with Gasteiger partial charge >= 0.3 is 6.03 Å². The number of carbonyl (C=O) groups excluding carboxylic acids is 3. The van der Waals surface area contributed by atoms with Gasteiger partial charge in [-0.2, -0.15) is 0 Å². The van der Waals surface area contributed by atoms with E-state index in [0.717, 1.165) is 11.6 Å². The fourth-order valence-electron chi connectivity index (χ4n) is 3.44. The Bertz CT molecular complexity index is 950. The zero-order valence-electron chi connectivity index (χ0n) is 17.3. The number of aryl methyl sites for hydroxylation is 1. The molecule has 0 spiro atoms. The molecule has 31 heavy (non-hydrogen) atoms. The van der Waals surface area contributed by atoms with E-state index in [9.17, 15) is 18.8 Å². The second-order valence-electron chi connectivity index (χ2n) is 7.31. The van der Waals surface area contributed by atoms with Crippen molar-refractivity contribution in [1.29, 1.82) is 0 Å². The third-order valence-electron chi connectivity index (χ3n) is 4.96.